The maximum atomic E-state index is 12.9. The van der Waals surface area contributed by atoms with Gasteiger partial charge in [0.05, 0.1) is 12.9 Å². The molecule has 1 aliphatic rings. The average molecular weight is 358 g/mol. The number of anilines is 1. The number of sulfonamides is 1. The van der Waals surface area contributed by atoms with Crippen LogP contribution in [-0.2, 0) is 14.8 Å². The van der Waals surface area contributed by atoms with Crippen molar-refractivity contribution in [3.8, 4) is 5.75 Å². The van der Waals surface area contributed by atoms with Gasteiger partial charge in [0.2, 0.25) is 15.9 Å². The summed E-state index contributed by atoms with van der Waals surface area (Å²) in [4.78, 5) is 11.8. The van der Waals surface area contributed by atoms with E-state index in [1.807, 2.05) is 6.26 Å². The highest BCUT2D eigenvalue weighted by Gasteiger charge is 2.29. The summed E-state index contributed by atoms with van der Waals surface area (Å²) in [7, 11) is -2.18. The summed E-state index contributed by atoms with van der Waals surface area (Å²) in [5.74, 6) is 0.447. The number of carbonyl (C=O) groups excluding carboxylic acids is 1. The third-order valence-corrected chi connectivity index (χ3v) is 6.13. The first-order valence-corrected chi connectivity index (χ1v) is 10.3. The Bertz CT molecular complexity index is 655. The minimum atomic E-state index is -3.62. The highest BCUT2D eigenvalue weighted by Crippen LogP contribution is 2.31. The summed E-state index contributed by atoms with van der Waals surface area (Å²) in [6, 6.07) is 4.69. The zero-order valence-corrected chi connectivity index (χ0v) is 15.0. The van der Waals surface area contributed by atoms with Crippen molar-refractivity contribution in [2.24, 2.45) is 0 Å². The van der Waals surface area contributed by atoms with Crippen LogP contribution in [0.5, 0.6) is 5.75 Å². The Hall–Kier alpha value is -1.25. The minimum Gasteiger partial charge on any atom is -0.495 e. The molecule has 2 rings (SSSR count). The van der Waals surface area contributed by atoms with Crippen molar-refractivity contribution < 1.29 is 17.9 Å². The van der Waals surface area contributed by atoms with E-state index in [0.29, 0.717) is 30.3 Å². The molecule has 23 heavy (non-hydrogen) atoms. The molecule has 1 fully saturated rings. The van der Waals surface area contributed by atoms with Crippen LogP contribution in [0, 0.1) is 0 Å². The molecule has 1 amide bonds. The fourth-order valence-corrected chi connectivity index (χ4v) is 4.56. The fraction of sp³-hybridized carbons (Fsp3) is 0.533. The number of nitrogens with one attached hydrogen (secondary N) is 1. The molecule has 8 heteroatoms. The van der Waals surface area contributed by atoms with Crippen molar-refractivity contribution in [1.29, 1.82) is 0 Å². The van der Waals surface area contributed by atoms with Crippen LogP contribution in [0.4, 0.5) is 5.69 Å². The molecule has 0 spiro atoms. The van der Waals surface area contributed by atoms with Gasteiger partial charge in [-0.2, -0.15) is 16.1 Å². The Morgan fingerprint density at radius 2 is 2.00 bits per heavy atom. The molecule has 0 aliphatic carbocycles. The van der Waals surface area contributed by atoms with Gasteiger partial charge in [0.15, 0.2) is 0 Å². The molecule has 0 unspecified atom stereocenters. The van der Waals surface area contributed by atoms with E-state index < -0.39 is 10.0 Å². The molecule has 1 saturated heterocycles. The first kappa shape index (κ1) is 18.1. The van der Waals surface area contributed by atoms with Crippen LogP contribution >= 0.6 is 11.8 Å². The molecule has 1 aromatic carbocycles. The van der Waals surface area contributed by atoms with Crippen LogP contribution in [0.15, 0.2) is 23.1 Å². The Morgan fingerprint density at radius 3 is 2.61 bits per heavy atom. The normalized spacial score (nSPS) is 16.1. The van der Waals surface area contributed by atoms with Gasteiger partial charge in [-0.1, -0.05) is 6.42 Å². The van der Waals surface area contributed by atoms with Gasteiger partial charge in [-0.05, 0) is 37.3 Å². The highest BCUT2D eigenvalue weighted by molar-refractivity contribution is 7.99. The third-order valence-electron chi connectivity index (χ3n) is 3.66. The van der Waals surface area contributed by atoms with E-state index in [9.17, 15) is 13.2 Å². The number of hydrogen-bond acceptors (Lipinski definition) is 5. The number of nitrogens with zero attached hydrogens (tertiary/aromatic N) is 1. The third kappa shape index (κ3) is 4.39. The monoisotopic (exact) mass is 358 g/mol. The first-order chi connectivity index (χ1) is 11.0. The summed E-state index contributed by atoms with van der Waals surface area (Å²) in [6.07, 6.45) is 4.62. The zero-order chi connectivity index (χ0) is 16.9. The van der Waals surface area contributed by atoms with Gasteiger partial charge >= 0.3 is 0 Å². The molecule has 0 saturated carbocycles. The maximum absolute atomic E-state index is 12.9. The van der Waals surface area contributed by atoms with Crippen molar-refractivity contribution >= 4 is 33.4 Å². The van der Waals surface area contributed by atoms with Crippen molar-refractivity contribution in [2.45, 2.75) is 24.2 Å². The zero-order valence-electron chi connectivity index (χ0n) is 13.4. The SMILES string of the molecule is COc1ccc(NC(=O)CSC)cc1S(=O)(=O)N1CCCCC1. The minimum absolute atomic E-state index is 0.101. The summed E-state index contributed by atoms with van der Waals surface area (Å²) in [5, 5.41) is 2.71. The molecule has 0 bridgehead atoms. The first-order valence-electron chi connectivity index (χ1n) is 7.46. The Balaban J connectivity index is 2.33. The van der Waals surface area contributed by atoms with Gasteiger partial charge in [-0.15, -0.1) is 0 Å². The molecule has 1 aromatic rings. The van der Waals surface area contributed by atoms with E-state index in [0.717, 1.165) is 19.3 Å². The number of rotatable bonds is 6. The van der Waals surface area contributed by atoms with Crippen LogP contribution < -0.4 is 10.1 Å². The molecule has 1 heterocycles. The fourth-order valence-electron chi connectivity index (χ4n) is 2.53. The largest absolute Gasteiger partial charge is 0.495 e. The maximum Gasteiger partial charge on any atom is 0.246 e. The molecule has 0 radical (unpaired) electrons. The van der Waals surface area contributed by atoms with Crippen molar-refractivity contribution in [3.63, 3.8) is 0 Å². The molecular formula is C15H22N2O4S2. The lowest BCUT2D eigenvalue weighted by molar-refractivity contribution is -0.113. The van der Waals surface area contributed by atoms with Crippen LogP contribution in [0.25, 0.3) is 0 Å². The number of piperidine rings is 1. The van der Waals surface area contributed by atoms with E-state index in [1.165, 1.54) is 29.2 Å². The van der Waals surface area contributed by atoms with Gasteiger partial charge in [-0.3, -0.25) is 4.79 Å². The second-order valence-electron chi connectivity index (χ2n) is 5.31. The molecule has 0 atom stereocenters. The number of thioether (sulfide) groups is 1. The van der Waals surface area contributed by atoms with Crippen LogP contribution in [0.3, 0.4) is 0 Å². The van der Waals surface area contributed by atoms with E-state index in [2.05, 4.69) is 5.32 Å². The van der Waals surface area contributed by atoms with Gasteiger partial charge in [0.1, 0.15) is 10.6 Å². The topological polar surface area (TPSA) is 75.7 Å². The lowest BCUT2D eigenvalue weighted by Gasteiger charge is -2.26. The average Bonchev–Trinajstić information content (AvgIpc) is 2.56. The number of carbonyl (C=O) groups is 1. The highest BCUT2D eigenvalue weighted by atomic mass is 32.2. The number of hydrogen-bond donors (Lipinski definition) is 1. The smallest absolute Gasteiger partial charge is 0.246 e. The van der Waals surface area contributed by atoms with E-state index in [-0.39, 0.29) is 10.8 Å². The Labute approximate surface area is 141 Å². The standard InChI is InChI=1S/C15H22N2O4S2/c1-21-13-7-6-12(16-15(18)11-22-2)10-14(13)23(19,20)17-8-4-3-5-9-17/h6-7,10H,3-5,8-9,11H2,1-2H3,(H,16,18). The van der Waals surface area contributed by atoms with Gasteiger partial charge in [-0.25, -0.2) is 8.42 Å². The van der Waals surface area contributed by atoms with Crippen LogP contribution in [0.1, 0.15) is 19.3 Å². The molecule has 0 aromatic heterocycles. The van der Waals surface area contributed by atoms with Crippen molar-refractivity contribution in [3.05, 3.63) is 18.2 Å². The second kappa shape index (κ2) is 8.03. The number of methoxy groups -OCH3 is 1. The van der Waals surface area contributed by atoms with E-state index in [4.69, 9.17) is 4.74 Å². The predicted octanol–water partition coefficient (Wildman–Crippen LogP) is 2.17. The Morgan fingerprint density at radius 1 is 1.30 bits per heavy atom. The molecule has 1 N–H and O–H groups in total. The van der Waals surface area contributed by atoms with Gasteiger partial charge in [0, 0.05) is 18.8 Å². The van der Waals surface area contributed by atoms with Gasteiger partial charge < -0.3 is 10.1 Å². The summed E-state index contributed by atoms with van der Waals surface area (Å²) in [6.45, 7) is 1.04. The van der Waals surface area contributed by atoms with Crippen LogP contribution in [-0.4, -0.2) is 50.8 Å². The summed E-state index contributed by atoms with van der Waals surface area (Å²) < 4.78 is 32.4. The van der Waals surface area contributed by atoms with Crippen LogP contribution in [0.2, 0.25) is 0 Å². The Kier molecular flexibility index (Phi) is 6.32. The van der Waals surface area contributed by atoms with Crippen molar-refractivity contribution in [2.75, 3.05) is 37.5 Å². The number of amides is 1. The lowest BCUT2D eigenvalue weighted by Crippen LogP contribution is -2.35. The van der Waals surface area contributed by atoms with E-state index >= 15 is 0 Å². The molecular weight excluding hydrogens is 336 g/mol. The molecule has 1 aliphatic heterocycles. The summed E-state index contributed by atoms with van der Waals surface area (Å²) >= 11 is 1.41. The summed E-state index contributed by atoms with van der Waals surface area (Å²) in [5.41, 5.74) is 0.459. The number of ether oxygens (including phenoxy) is 1. The van der Waals surface area contributed by atoms with Crippen molar-refractivity contribution in [1.82, 2.24) is 4.31 Å². The van der Waals surface area contributed by atoms with E-state index in [1.54, 1.807) is 12.1 Å². The van der Waals surface area contributed by atoms with Gasteiger partial charge in [0.25, 0.3) is 0 Å². The lowest BCUT2D eigenvalue weighted by atomic mass is 10.2. The quantitative estimate of drug-likeness (QED) is 0.843. The predicted molar refractivity (Wildman–Crippen MR) is 92.6 cm³/mol. The second-order valence-corrected chi connectivity index (χ2v) is 8.08. The molecule has 128 valence electrons. The number of benzene rings is 1. The molecule has 6 nitrogen and oxygen atoms in total.